The van der Waals surface area contributed by atoms with E-state index in [9.17, 15) is 0 Å². The van der Waals surface area contributed by atoms with Gasteiger partial charge >= 0.3 is 7.12 Å². The lowest BCUT2D eigenvalue weighted by molar-refractivity contribution is 0.436. The summed E-state index contributed by atoms with van der Waals surface area (Å²) >= 11 is 0. The Morgan fingerprint density at radius 2 is 0.809 bits per heavy atom. The molecule has 11 rings (SSSR count). The van der Waals surface area contributed by atoms with E-state index in [1.54, 1.807) is 0 Å². The highest BCUT2D eigenvalue weighted by molar-refractivity contribution is 6.68. The fourth-order valence-electron chi connectivity index (χ4n) is 8.00. The molecule has 0 saturated carbocycles. The van der Waals surface area contributed by atoms with Crippen LogP contribution in [0, 0.1) is 0 Å². The standard InChI is InChI=1S/C42H25BN2O2/c1-6-16-36-28(11-1)29-12-2-7-17-37(29)44(36)26-21-22-39-33(23-26)30-13-3-8-18-38(30)45(39)27-24-34-31-14-4-9-19-40(31)46-43-42(34)35(25-27)32-15-5-10-20-41(32)47-43/h1-25H. The van der Waals surface area contributed by atoms with Gasteiger partial charge in [-0.1, -0.05) is 91.0 Å². The highest BCUT2D eigenvalue weighted by Crippen LogP contribution is 2.44. The first-order chi connectivity index (χ1) is 23.3. The molecule has 0 unspecified atom stereocenters. The van der Waals surface area contributed by atoms with Gasteiger partial charge in [0, 0.05) is 49.5 Å². The van der Waals surface area contributed by atoms with Crippen LogP contribution in [0.25, 0.3) is 77.2 Å². The van der Waals surface area contributed by atoms with Gasteiger partial charge in [0.1, 0.15) is 11.5 Å². The number of nitrogens with zero attached hydrogens (tertiary/aromatic N) is 2. The molecule has 0 fully saturated rings. The Labute approximate surface area is 270 Å². The van der Waals surface area contributed by atoms with Crippen molar-refractivity contribution >= 4 is 56.2 Å². The van der Waals surface area contributed by atoms with Crippen molar-refractivity contribution in [3.63, 3.8) is 0 Å². The summed E-state index contributed by atoms with van der Waals surface area (Å²) in [5.41, 5.74) is 12.6. The first-order valence-corrected chi connectivity index (χ1v) is 16.0. The topological polar surface area (TPSA) is 28.3 Å². The first-order valence-electron chi connectivity index (χ1n) is 16.0. The molecule has 2 aliphatic heterocycles. The van der Waals surface area contributed by atoms with Crippen LogP contribution >= 0.6 is 0 Å². The maximum Gasteiger partial charge on any atom is 0.633 e. The van der Waals surface area contributed by atoms with E-state index in [4.69, 9.17) is 9.31 Å². The summed E-state index contributed by atoms with van der Waals surface area (Å²) in [7, 11) is -0.495. The zero-order valence-corrected chi connectivity index (χ0v) is 25.2. The van der Waals surface area contributed by atoms with Gasteiger partial charge in [-0.3, -0.25) is 0 Å². The van der Waals surface area contributed by atoms with Crippen LogP contribution in [0.15, 0.2) is 152 Å². The van der Waals surface area contributed by atoms with Crippen LogP contribution in [0.1, 0.15) is 0 Å². The third kappa shape index (κ3) is 3.38. The Morgan fingerprint density at radius 3 is 1.38 bits per heavy atom. The van der Waals surface area contributed by atoms with Crippen molar-refractivity contribution in [1.82, 2.24) is 9.13 Å². The average Bonchev–Trinajstić information content (AvgIpc) is 3.64. The van der Waals surface area contributed by atoms with Crippen molar-refractivity contribution in [1.29, 1.82) is 0 Å². The Balaban J connectivity index is 1.21. The van der Waals surface area contributed by atoms with E-state index in [0.29, 0.717) is 0 Å². The maximum absolute atomic E-state index is 6.45. The second-order valence-electron chi connectivity index (χ2n) is 12.4. The molecule has 0 amide bonds. The normalized spacial score (nSPS) is 13.0. The zero-order valence-electron chi connectivity index (χ0n) is 25.2. The fraction of sp³-hybridized carbons (Fsp3) is 0. The van der Waals surface area contributed by atoms with Crippen molar-refractivity contribution in [3.8, 4) is 45.1 Å². The number of benzene rings is 7. The SMILES string of the molecule is c1ccc2c(c1)OB1Oc3ccccc3-c3cc(-n4c5ccccc5c5cc(-n6c7ccccc7c7ccccc76)ccc54)cc-2c31. The van der Waals surface area contributed by atoms with Gasteiger partial charge in [0.05, 0.1) is 22.1 Å². The van der Waals surface area contributed by atoms with Crippen molar-refractivity contribution in [2.24, 2.45) is 0 Å². The quantitative estimate of drug-likeness (QED) is 0.185. The van der Waals surface area contributed by atoms with Gasteiger partial charge < -0.3 is 18.4 Å². The predicted octanol–water partition coefficient (Wildman–Crippen LogP) is 9.69. The van der Waals surface area contributed by atoms with Gasteiger partial charge in [0.15, 0.2) is 0 Å². The van der Waals surface area contributed by atoms with Gasteiger partial charge in [-0.2, -0.15) is 0 Å². The van der Waals surface area contributed by atoms with Gasteiger partial charge in [-0.25, -0.2) is 0 Å². The van der Waals surface area contributed by atoms with Crippen LogP contribution in [0.4, 0.5) is 0 Å². The van der Waals surface area contributed by atoms with Crippen LogP contribution < -0.4 is 14.8 Å². The Morgan fingerprint density at radius 1 is 0.362 bits per heavy atom. The van der Waals surface area contributed by atoms with Crippen LogP contribution in [0.5, 0.6) is 11.5 Å². The molecular formula is C42H25BN2O2. The zero-order chi connectivity index (χ0) is 30.6. The van der Waals surface area contributed by atoms with Crippen molar-refractivity contribution in [2.75, 3.05) is 0 Å². The molecule has 0 spiro atoms. The third-order valence-electron chi connectivity index (χ3n) is 9.98. The Bertz CT molecular complexity index is 2650. The molecule has 2 aliphatic rings. The third-order valence-corrected chi connectivity index (χ3v) is 9.98. The molecule has 218 valence electrons. The van der Waals surface area contributed by atoms with Crippen LogP contribution in [-0.4, -0.2) is 16.3 Å². The molecule has 0 bridgehead atoms. The Hall–Kier alpha value is -6.20. The van der Waals surface area contributed by atoms with E-state index in [1.165, 1.54) is 43.6 Å². The van der Waals surface area contributed by atoms with Crippen LogP contribution in [0.2, 0.25) is 0 Å². The second-order valence-corrected chi connectivity index (χ2v) is 12.4. The highest BCUT2D eigenvalue weighted by atomic mass is 16.6. The molecule has 47 heavy (non-hydrogen) atoms. The van der Waals surface area contributed by atoms with Crippen LogP contribution in [0.3, 0.4) is 0 Å². The highest BCUT2D eigenvalue weighted by Gasteiger charge is 2.41. The molecule has 5 heteroatoms. The minimum Gasteiger partial charge on any atom is -0.521 e. The number of para-hydroxylation sites is 5. The Kier molecular flexibility index (Phi) is 4.89. The largest absolute Gasteiger partial charge is 0.633 e. The summed E-state index contributed by atoms with van der Waals surface area (Å²) in [6.45, 7) is 0. The van der Waals surface area contributed by atoms with Gasteiger partial charge in [-0.05, 0) is 71.8 Å². The van der Waals surface area contributed by atoms with Gasteiger partial charge in [0.2, 0.25) is 0 Å². The molecule has 0 N–H and O–H groups in total. The second kappa shape index (κ2) is 9.18. The minimum atomic E-state index is -0.495. The van der Waals surface area contributed by atoms with Crippen molar-refractivity contribution < 1.29 is 9.31 Å². The number of fused-ring (bicyclic) bond motifs is 10. The van der Waals surface area contributed by atoms with E-state index in [1.807, 2.05) is 24.3 Å². The van der Waals surface area contributed by atoms with Gasteiger partial charge in [-0.15, -0.1) is 0 Å². The van der Waals surface area contributed by atoms with Crippen molar-refractivity contribution in [3.05, 3.63) is 152 Å². The predicted molar refractivity (Wildman–Crippen MR) is 193 cm³/mol. The van der Waals surface area contributed by atoms with E-state index in [-0.39, 0.29) is 0 Å². The van der Waals surface area contributed by atoms with Gasteiger partial charge in [0.25, 0.3) is 0 Å². The number of hydrogen-bond acceptors (Lipinski definition) is 2. The maximum atomic E-state index is 6.45. The molecule has 0 radical (unpaired) electrons. The minimum absolute atomic E-state index is 0.495. The van der Waals surface area contributed by atoms with Crippen LogP contribution in [-0.2, 0) is 0 Å². The monoisotopic (exact) mass is 600 g/mol. The summed E-state index contributed by atoms with van der Waals surface area (Å²) in [5, 5.41) is 4.97. The molecule has 4 heterocycles. The summed E-state index contributed by atoms with van der Waals surface area (Å²) in [5.74, 6) is 1.68. The lowest BCUT2D eigenvalue weighted by Gasteiger charge is -2.32. The summed E-state index contributed by atoms with van der Waals surface area (Å²) in [6, 6.07) is 54.2. The average molecular weight is 600 g/mol. The molecule has 9 aromatic rings. The smallest absolute Gasteiger partial charge is 0.521 e. The molecular weight excluding hydrogens is 575 g/mol. The fourth-order valence-corrected chi connectivity index (χ4v) is 8.00. The van der Waals surface area contributed by atoms with E-state index in [2.05, 4.69) is 137 Å². The summed E-state index contributed by atoms with van der Waals surface area (Å²) < 4.78 is 17.7. The lowest BCUT2D eigenvalue weighted by atomic mass is 9.66. The first kappa shape index (κ1) is 25.0. The molecule has 2 aromatic heterocycles. The number of aromatic nitrogens is 2. The van der Waals surface area contributed by atoms with E-state index >= 15 is 0 Å². The molecule has 0 saturated heterocycles. The van der Waals surface area contributed by atoms with E-state index < -0.39 is 7.12 Å². The van der Waals surface area contributed by atoms with Crippen molar-refractivity contribution in [2.45, 2.75) is 0 Å². The molecule has 0 aliphatic carbocycles. The molecule has 4 nitrogen and oxygen atoms in total. The molecule has 0 atom stereocenters. The van der Waals surface area contributed by atoms with E-state index in [0.717, 1.165) is 50.6 Å². The number of rotatable bonds is 2. The number of hydrogen-bond donors (Lipinski definition) is 0. The summed E-state index contributed by atoms with van der Waals surface area (Å²) in [4.78, 5) is 0. The molecule has 7 aromatic carbocycles. The lowest BCUT2D eigenvalue weighted by Crippen LogP contribution is -2.49. The summed E-state index contributed by atoms with van der Waals surface area (Å²) in [6.07, 6.45) is 0.